The average Bonchev–Trinajstić information content (AvgIpc) is 2.08. The smallest absolute Gasteiger partial charge is 0.196 e. The van der Waals surface area contributed by atoms with Crippen LogP contribution in [-0.2, 0) is 4.79 Å². The number of hydrazine groups is 1. The zero-order valence-electron chi connectivity index (χ0n) is 6.65. The molecule has 0 bridgehead atoms. The molecule has 0 aromatic carbocycles. The van der Waals surface area contributed by atoms with Crippen LogP contribution in [0.15, 0.2) is 29.0 Å². The van der Waals surface area contributed by atoms with E-state index in [-0.39, 0.29) is 10.9 Å². The topological polar surface area (TPSA) is 79.5 Å². The first-order valence-corrected chi connectivity index (χ1v) is 3.86. The lowest BCUT2D eigenvalue weighted by Gasteiger charge is -2.03. The van der Waals surface area contributed by atoms with Gasteiger partial charge in [-0.3, -0.25) is 15.2 Å². The number of allylic oxidation sites excluding steroid dienone is 2. The van der Waals surface area contributed by atoms with Crippen LogP contribution in [0.5, 0.6) is 0 Å². The van der Waals surface area contributed by atoms with E-state index >= 15 is 0 Å². The number of carbonyl (C=O) groups excluding carboxylic acids is 1. The third-order valence-electron chi connectivity index (χ3n) is 1.17. The zero-order chi connectivity index (χ0) is 9.68. The molecule has 5 nitrogen and oxygen atoms in total. The van der Waals surface area contributed by atoms with Crippen molar-refractivity contribution in [3.05, 3.63) is 24.0 Å². The molecule has 0 aliphatic carbocycles. The summed E-state index contributed by atoms with van der Waals surface area (Å²) in [6.45, 7) is 0. The van der Waals surface area contributed by atoms with Crippen molar-refractivity contribution in [1.29, 1.82) is 0 Å². The lowest BCUT2D eigenvalue weighted by Crippen LogP contribution is -2.37. The van der Waals surface area contributed by atoms with Crippen molar-refractivity contribution in [1.82, 2.24) is 10.9 Å². The fraction of sp³-hybridized carbons (Fsp3) is 0. The molecule has 0 aromatic heterocycles. The largest absolute Gasteiger partial charge is 0.375 e. The van der Waals surface area contributed by atoms with Gasteiger partial charge >= 0.3 is 0 Å². The van der Waals surface area contributed by atoms with Gasteiger partial charge in [-0.1, -0.05) is 0 Å². The highest BCUT2D eigenvalue weighted by molar-refractivity contribution is 7.80. The molecule has 0 saturated carbocycles. The Morgan fingerprint density at radius 3 is 2.92 bits per heavy atom. The maximum atomic E-state index is 10.7. The van der Waals surface area contributed by atoms with Gasteiger partial charge in [0.2, 0.25) is 0 Å². The predicted octanol–water partition coefficient (Wildman–Crippen LogP) is -0.625. The van der Waals surface area contributed by atoms with Crippen LogP contribution in [0.2, 0.25) is 0 Å². The number of thiocarbonyl (C=S) groups is 1. The van der Waals surface area contributed by atoms with Crippen LogP contribution in [0, 0.1) is 0 Å². The standard InChI is InChI=1S/C7H8N4OS/c8-7(13)11-10-3-5-1-2-6(12)4-9-5/h1-4,10H,(H3,8,11,13)/b5-3+. The maximum absolute atomic E-state index is 10.7. The number of nitrogens with one attached hydrogen (secondary N) is 2. The Morgan fingerprint density at radius 1 is 1.62 bits per heavy atom. The quantitative estimate of drug-likeness (QED) is 0.405. The summed E-state index contributed by atoms with van der Waals surface area (Å²) in [5, 5.41) is 0.136. The fourth-order valence-corrected chi connectivity index (χ4v) is 0.717. The molecule has 1 aliphatic heterocycles. The Morgan fingerprint density at radius 2 is 2.38 bits per heavy atom. The number of ketones is 1. The number of aliphatic imine (C=N–C) groups is 1. The summed E-state index contributed by atoms with van der Waals surface area (Å²) in [4.78, 5) is 14.5. The van der Waals surface area contributed by atoms with Gasteiger partial charge in [0, 0.05) is 6.20 Å². The van der Waals surface area contributed by atoms with Gasteiger partial charge in [-0.15, -0.1) is 0 Å². The molecule has 0 amide bonds. The summed E-state index contributed by atoms with van der Waals surface area (Å²) < 4.78 is 0. The third-order valence-corrected chi connectivity index (χ3v) is 1.28. The van der Waals surface area contributed by atoms with E-state index in [1.807, 2.05) is 0 Å². The van der Waals surface area contributed by atoms with E-state index in [2.05, 4.69) is 28.1 Å². The van der Waals surface area contributed by atoms with Gasteiger partial charge in [-0.2, -0.15) is 0 Å². The predicted molar refractivity (Wildman–Crippen MR) is 53.8 cm³/mol. The zero-order valence-corrected chi connectivity index (χ0v) is 7.47. The molecule has 1 heterocycles. The van der Waals surface area contributed by atoms with E-state index in [9.17, 15) is 4.79 Å². The summed E-state index contributed by atoms with van der Waals surface area (Å²) in [5.41, 5.74) is 10.9. The van der Waals surface area contributed by atoms with Crippen molar-refractivity contribution >= 4 is 29.3 Å². The second-order valence-electron chi connectivity index (χ2n) is 2.20. The summed E-state index contributed by atoms with van der Waals surface area (Å²) >= 11 is 4.55. The number of dihydropyridines is 1. The normalized spacial score (nSPS) is 17.5. The minimum absolute atomic E-state index is 0.126. The van der Waals surface area contributed by atoms with E-state index in [1.54, 1.807) is 12.3 Å². The van der Waals surface area contributed by atoms with Gasteiger partial charge in [-0.25, -0.2) is 0 Å². The molecule has 0 radical (unpaired) electrons. The van der Waals surface area contributed by atoms with E-state index in [0.29, 0.717) is 5.70 Å². The van der Waals surface area contributed by atoms with Crippen molar-refractivity contribution in [3.8, 4) is 0 Å². The number of hydrogen-bond donors (Lipinski definition) is 3. The Hall–Kier alpha value is -1.69. The average molecular weight is 196 g/mol. The minimum Gasteiger partial charge on any atom is -0.375 e. The van der Waals surface area contributed by atoms with Gasteiger partial charge < -0.3 is 11.2 Å². The summed E-state index contributed by atoms with van der Waals surface area (Å²) in [6.07, 6.45) is 5.77. The van der Waals surface area contributed by atoms with Crippen LogP contribution < -0.4 is 16.6 Å². The molecular formula is C7H8N4OS. The molecule has 0 atom stereocenters. The Bertz CT molecular complexity index is 300. The van der Waals surface area contributed by atoms with E-state index < -0.39 is 0 Å². The molecule has 0 fully saturated rings. The van der Waals surface area contributed by atoms with Gasteiger partial charge in [0.05, 0.1) is 11.9 Å². The molecule has 13 heavy (non-hydrogen) atoms. The van der Waals surface area contributed by atoms with Crippen molar-refractivity contribution in [2.45, 2.75) is 0 Å². The first-order valence-electron chi connectivity index (χ1n) is 3.46. The molecule has 4 N–H and O–H groups in total. The molecule has 0 aromatic rings. The maximum Gasteiger partial charge on any atom is 0.196 e. The van der Waals surface area contributed by atoms with Gasteiger partial charge in [0.15, 0.2) is 10.9 Å². The highest BCUT2D eigenvalue weighted by Gasteiger charge is 1.98. The molecule has 0 saturated heterocycles. The van der Waals surface area contributed by atoms with Crippen LogP contribution in [0.1, 0.15) is 0 Å². The first kappa shape index (κ1) is 9.40. The summed E-state index contributed by atoms with van der Waals surface area (Å²) in [7, 11) is 0. The summed E-state index contributed by atoms with van der Waals surface area (Å²) in [6, 6.07) is 0. The van der Waals surface area contributed by atoms with Crippen LogP contribution in [0.3, 0.4) is 0 Å². The van der Waals surface area contributed by atoms with Crippen LogP contribution in [0.25, 0.3) is 0 Å². The molecular weight excluding hydrogens is 188 g/mol. The number of hydrogen-bond acceptors (Lipinski definition) is 4. The highest BCUT2D eigenvalue weighted by atomic mass is 32.1. The van der Waals surface area contributed by atoms with Crippen molar-refractivity contribution in [2.24, 2.45) is 10.7 Å². The van der Waals surface area contributed by atoms with Gasteiger partial charge in [0.25, 0.3) is 0 Å². The Balaban J connectivity index is 2.45. The summed E-state index contributed by atoms with van der Waals surface area (Å²) in [5.74, 6) is -0.126. The van der Waals surface area contributed by atoms with E-state index in [4.69, 9.17) is 5.73 Å². The highest BCUT2D eigenvalue weighted by Crippen LogP contribution is 2.00. The molecule has 6 heteroatoms. The van der Waals surface area contributed by atoms with E-state index in [1.165, 1.54) is 12.3 Å². The second-order valence-corrected chi connectivity index (χ2v) is 2.64. The molecule has 0 spiro atoms. The third kappa shape index (κ3) is 3.48. The number of nitrogens with zero attached hydrogens (tertiary/aromatic N) is 1. The van der Waals surface area contributed by atoms with Crippen molar-refractivity contribution < 1.29 is 4.79 Å². The lowest BCUT2D eigenvalue weighted by molar-refractivity contribution is -0.108. The molecule has 1 rings (SSSR count). The van der Waals surface area contributed by atoms with E-state index in [0.717, 1.165) is 0 Å². The van der Waals surface area contributed by atoms with Gasteiger partial charge in [-0.05, 0) is 24.4 Å². The van der Waals surface area contributed by atoms with Crippen LogP contribution >= 0.6 is 12.2 Å². The van der Waals surface area contributed by atoms with Gasteiger partial charge in [0.1, 0.15) is 0 Å². The number of rotatable bonds is 2. The Labute approximate surface area is 80.4 Å². The second kappa shape index (κ2) is 4.36. The van der Waals surface area contributed by atoms with Crippen molar-refractivity contribution in [2.75, 3.05) is 0 Å². The number of carbonyl (C=O) groups is 1. The fourth-order valence-electron chi connectivity index (χ4n) is 0.658. The lowest BCUT2D eigenvalue weighted by atomic mass is 10.3. The molecule has 68 valence electrons. The SMILES string of the molecule is NC(=S)NN/C=C1\C=CC(=O)C=N1. The first-order chi connectivity index (χ1) is 6.18. The molecule has 1 aliphatic rings. The minimum atomic E-state index is -0.126. The van der Waals surface area contributed by atoms with Crippen LogP contribution in [-0.4, -0.2) is 17.1 Å². The monoisotopic (exact) mass is 196 g/mol. The Kier molecular flexibility index (Phi) is 3.15. The molecule has 0 unspecified atom stereocenters. The van der Waals surface area contributed by atoms with Crippen molar-refractivity contribution in [3.63, 3.8) is 0 Å². The number of nitrogens with two attached hydrogens (primary N) is 1. The van der Waals surface area contributed by atoms with Crippen LogP contribution in [0.4, 0.5) is 0 Å².